The largest absolute Gasteiger partial charge is 2.00 e. The van der Waals surface area contributed by atoms with Crippen LogP contribution in [0.5, 0.6) is 0 Å². The molecule has 4 nitrogen and oxygen atoms in total. The molecule has 0 aliphatic heterocycles. The second kappa shape index (κ2) is 9.37. The molecule has 0 N–H and O–H groups in total. The average molecular weight is 302 g/mol. The Balaban J connectivity index is 0.00000361. The van der Waals surface area contributed by atoms with Crippen LogP contribution in [0.2, 0.25) is 0 Å². The minimum Gasteiger partial charge on any atom is -0.549 e. The summed E-state index contributed by atoms with van der Waals surface area (Å²) in [6.07, 6.45) is 3.26. The van der Waals surface area contributed by atoms with Crippen LogP contribution in [0.1, 0.15) is 44.6 Å². The Labute approximate surface area is 149 Å². The predicted octanol–water partition coefficient (Wildman–Crippen LogP) is 0.0138. The Kier molecular flexibility index (Phi) is 9.10. The van der Waals surface area contributed by atoms with Gasteiger partial charge in [0, 0.05) is 0 Å². The number of hydrogen-bond acceptors (Lipinski definition) is 4. The molecule has 1 aromatic carbocycles. The van der Waals surface area contributed by atoms with Crippen molar-refractivity contribution in [2.45, 2.75) is 44.4 Å². The quantitative estimate of drug-likeness (QED) is 0.385. The Bertz CT molecular complexity index is 417. The van der Waals surface area contributed by atoms with Crippen molar-refractivity contribution in [3.63, 3.8) is 0 Å². The molecule has 0 unspecified atom stereocenters. The fraction of sp³-hybridized carbons (Fsp3) is 0.467. The van der Waals surface area contributed by atoms with E-state index in [0.29, 0.717) is 6.42 Å². The molecule has 5 heteroatoms. The van der Waals surface area contributed by atoms with Crippen molar-refractivity contribution in [2.75, 3.05) is 0 Å². The number of aliphatic carboxylic acids is 2. The van der Waals surface area contributed by atoms with Crippen molar-refractivity contribution in [1.29, 1.82) is 0 Å². The van der Waals surface area contributed by atoms with Gasteiger partial charge in [-0.05, 0) is 12.0 Å². The molecule has 0 aliphatic rings. The number of benzene rings is 1. The van der Waals surface area contributed by atoms with E-state index in [1.54, 1.807) is 18.2 Å². The first-order chi connectivity index (χ1) is 9.05. The van der Waals surface area contributed by atoms with Gasteiger partial charge in [-0.2, -0.15) is 0 Å². The van der Waals surface area contributed by atoms with Crippen molar-refractivity contribution in [3.05, 3.63) is 35.9 Å². The van der Waals surface area contributed by atoms with Gasteiger partial charge in [0.05, 0.1) is 17.4 Å². The minimum atomic E-state index is -2.05. The standard InChI is InChI=1S/C15H20O4.Ca/c1-2-3-4-8-11-15(13(16)17,14(18)19)12-9-6-5-7-10-12;/h5-7,9-10H,2-4,8,11H2,1H3,(H,16,17)(H,18,19);/q;+2/p-2. The normalized spacial score (nSPS) is 10.7. The summed E-state index contributed by atoms with van der Waals surface area (Å²) < 4.78 is 0. The average Bonchev–Trinajstić information content (AvgIpc) is 2.39. The van der Waals surface area contributed by atoms with E-state index in [0.717, 1.165) is 19.3 Å². The molecule has 0 radical (unpaired) electrons. The van der Waals surface area contributed by atoms with Gasteiger partial charge < -0.3 is 19.8 Å². The van der Waals surface area contributed by atoms with E-state index in [1.165, 1.54) is 12.1 Å². The monoisotopic (exact) mass is 302 g/mol. The molecule has 0 fully saturated rings. The molecule has 20 heavy (non-hydrogen) atoms. The molecule has 0 saturated heterocycles. The van der Waals surface area contributed by atoms with Gasteiger partial charge in [-0.3, -0.25) is 0 Å². The molecule has 0 atom stereocenters. The smallest absolute Gasteiger partial charge is 0.549 e. The van der Waals surface area contributed by atoms with Crippen molar-refractivity contribution >= 4 is 49.7 Å². The maximum atomic E-state index is 11.4. The maximum absolute atomic E-state index is 11.4. The molecule has 0 heterocycles. The third kappa shape index (κ3) is 4.47. The van der Waals surface area contributed by atoms with E-state index < -0.39 is 17.4 Å². The van der Waals surface area contributed by atoms with E-state index in [-0.39, 0.29) is 49.7 Å². The first-order valence-electron chi connectivity index (χ1n) is 6.54. The van der Waals surface area contributed by atoms with E-state index >= 15 is 0 Å². The second-order valence-electron chi connectivity index (χ2n) is 4.66. The Morgan fingerprint density at radius 2 is 1.55 bits per heavy atom. The Morgan fingerprint density at radius 1 is 1.00 bits per heavy atom. The summed E-state index contributed by atoms with van der Waals surface area (Å²) in [4.78, 5) is 22.8. The van der Waals surface area contributed by atoms with E-state index in [2.05, 4.69) is 0 Å². The number of carboxylic acids is 2. The van der Waals surface area contributed by atoms with Gasteiger partial charge in [-0.15, -0.1) is 0 Å². The van der Waals surface area contributed by atoms with Crippen molar-refractivity contribution in [2.24, 2.45) is 0 Å². The summed E-state index contributed by atoms with van der Waals surface area (Å²) in [5, 5.41) is 22.8. The topological polar surface area (TPSA) is 80.3 Å². The summed E-state index contributed by atoms with van der Waals surface area (Å²) in [6.45, 7) is 2.03. The summed E-state index contributed by atoms with van der Waals surface area (Å²) in [6, 6.07) is 7.91. The van der Waals surface area contributed by atoms with Gasteiger partial charge in [-0.25, -0.2) is 0 Å². The van der Waals surface area contributed by atoms with Gasteiger partial charge in [0.2, 0.25) is 0 Å². The zero-order valence-electron chi connectivity index (χ0n) is 11.8. The van der Waals surface area contributed by atoms with Crippen molar-refractivity contribution in [1.82, 2.24) is 0 Å². The molecule has 0 spiro atoms. The molecule has 0 aliphatic carbocycles. The molecule has 1 rings (SSSR count). The first kappa shape index (κ1) is 19.4. The molecular weight excluding hydrogens is 284 g/mol. The van der Waals surface area contributed by atoms with E-state index in [4.69, 9.17) is 0 Å². The van der Waals surface area contributed by atoms with Gasteiger partial charge in [0.25, 0.3) is 0 Å². The van der Waals surface area contributed by atoms with Crippen LogP contribution in [-0.2, 0) is 15.0 Å². The summed E-state index contributed by atoms with van der Waals surface area (Å²) in [5.74, 6) is -3.20. The van der Waals surface area contributed by atoms with Crippen LogP contribution in [0.25, 0.3) is 0 Å². The van der Waals surface area contributed by atoms with Gasteiger partial charge in [0.15, 0.2) is 0 Å². The Hall–Kier alpha value is -0.580. The van der Waals surface area contributed by atoms with Gasteiger partial charge in [0.1, 0.15) is 0 Å². The number of carbonyl (C=O) groups excluding carboxylic acids is 2. The molecular formula is C15H18CaO4. The SMILES string of the molecule is CCCCCCC(C(=O)[O-])(C(=O)[O-])c1ccccc1.[Ca+2]. The van der Waals surface area contributed by atoms with Crippen LogP contribution in [0.4, 0.5) is 0 Å². The minimum absolute atomic E-state index is 0. The number of carbonyl (C=O) groups is 2. The van der Waals surface area contributed by atoms with Gasteiger partial charge >= 0.3 is 37.7 Å². The molecule has 1 aromatic rings. The third-order valence-corrected chi connectivity index (χ3v) is 3.37. The summed E-state index contributed by atoms with van der Waals surface area (Å²) in [7, 11) is 0. The van der Waals surface area contributed by atoms with Crippen LogP contribution in [0.3, 0.4) is 0 Å². The number of rotatable bonds is 8. The molecule has 104 valence electrons. The van der Waals surface area contributed by atoms with E-state index in [9.17, 15) is 19.8 Å². The van der Waals surface area contributed by atoms with Crippen LogP contribution >= 0.6 is 0 Å². The fourth-order valence-corrected chi connectivity index (χ4v) is 2.21. The zero-order chi connectivity index (χ0) is 14.3. The van der Waals surface area contributed by atoms with Crippen LogP contribution in [0.15, 0.2) is 30.3 Å². The number of carboxylic acid groups (broad SMARTS) is 2. The second-order valence-corrected chi connectivity index (χ2v) is 4.66. The first-order valence-corrected chi connectivity index (χ1v) is 6.54. The Morgan fingerprint density at radius 3 is 2.00 bits per heavy atom. The van der Waals surface area contributed by atoms with Crippen LogP contribution in [0, 0.1) is 0 Å². The van der Waals surface area contributed by atoms with Crippen molar-refractivity contribution < 1.29 is 19.8 Å². The van der Waals surface area contributed by atoms with E-state index in [1.807, 2.05) is 6.92 Å². The third-order valence-electron chi connectivity index (χ3n) is 3.37. The maximum Gasteiger partial charge on any atom is 2.00 e. The van der Waals surface area contributed by atoms with Gasteiger partial charge in [-0.1, -0.05) is 62.9 Å². The fourth-order valence-electron chi connectivity index (χ4n) is 2.21. The molecule has 0 bridgehead atoms. The number of unbranched alkanes of at least 4 members (excludes halogenated alkanes) is 3. The van der Waals surface area contributed by atoms with Crippen molar-refractivity contribution in [3.8, 4) is 0 Å². The van der Waals surface area contributed by atoms with Crippen LogP contribution in [-0.4, -0.2) is 49.7 Å². The zero-order valence-corrected chi connectivity index (χ0v) is 14.0. The molecule has 0 aromatic heterocycles. The predicted molar refractivity (Wildman–Crippen MR) is 72.6 cm³/mol. The molecule has 0 amide bonds. The summed E-state index contributed by atoms with van der Waals surface area (Å²) >= 11 is 0. The van der Waals surface area contributed by atoms with Crippen LogP contribution < -0.4 is 10.2 Å². The molecule has 0 saturated carbocycles. The summed E-state index contributed by atoms with van der Waals surface area (Å²) in [5.41, 5.74) is -1.83. The number of hydrogen-bond donors (Lipinski definition) is 0.